The topological polar surface area (TPSA) is 102 Å². The lowest BCUT2D eigenvalue weighted by atomic mass is 9.92. The summed E-state index contributed by atoms with van der Waals surface area (Å²) >= 11 is 0. The Morgan fingerprint density at radius 2 is 2.00 bits per heavy atom. The minimum Gasteiger partial charge on any atom is -0.345 e. The van der Waals surface area contributed by atoms with Crippen molar-refractivity contribution in [2.45, 2.75) is 45.3 Å². The second kappa shape index (κ2) is 8.54. The molecule has 1 aliphatic rings. The van der Waals surface area contributed by atoms with Crippen molar-refractivity contribution in [3.63, 3.8) is 0 Å². The lowest BCUT2D eigenvalue weighted by molar-refractivity contribution is 0.0932. The second-order valence-corrected chi connectivity index (χ2v) is 8.35. The first kappa shape index (κ1) is 20.9. The van der Waals surface area contributed by atoms with Gasteiger partial charge >= 0.3 is 5.69 Å². The molecule has 2 aromatic heterocycles. The summed E-state index contributed by atoms with van der Waals surface area (Å²) in [6.45, 7) is 2.73. The Morgan fingerprint density at radius 3 is 2.79 bits per heavy atom. The lowest BCUT2D eigenvalue weighted by Crippen LogP contribution is -2.34. The third-order valence-corrected chi connectivity index (χ3v) is 6.30. The average molecular weight is 444 g/mol. The Bertz CT molecular complexity index is 1450. The van der Waals surface area contributed by atoms with Gasteiger partial charge in [0.2, 0.25) is 0 Å². The van der Waals surface area contributed by atoms with Crippen LogP contribution in [0.2, 0.25) is 0 Å². The van der Waals surface area contributed by atoms with Crippen LogP contribution in [0.3, 0.4) is 0 Å². The van der Waals surface area contributed by atoms with E-state index in [-0.39, 0.29) is 24.1 Å². The zero-order chi connectivity index (χ0) is 22.9. The van der Waals surface area contributed by atoms with Gasteiger partial charge in [0.25, 0.3) is 11.5 Å². The van der Waals surface area contributed by atoms with Gasteiger partial charge in [-0.05, 0) is 49.9 Å². The quantitative estimate of drug-likeness (QED) is 0.495. The van der Waals surface area contributed by atoms with E-state index in [0.29, 0.717) is 23.0 Å². The number of nitrogens with zero attached hydrogens (tertiary/aromatic N) is 3. The maximum Gasteiger partial charge on any atom is 0.328 e. The lowest BCUT2D eigenvalue weighted by Gasteiger charge is -2.24. The highest BCUT2D eigenvalue weighted by Gasteiger charge is 2.26. The van der Waals surface area contributed by atoms with Gasteiger partial charge in [-0.2, -0.15) is 5.10 Å². The molecule has 0 fully saturated rings. The number of nitrogens with one attached hydrogen (secondary N) is 2. The predicted octanol–water partition coefficient (Wildman–Crippen LogP) is 2.76. The first-order valence-electron chi connectivity index (χ1n) is 11.2. The van der Waals surface area contributed by atoms with E-state index in [1.54, 1.807) is 25.1 Å². The fourth-order valence-corrected chi connectivity index (χ4v) is 4.59. The van der Waals surface area contributed by atoms with Crippen molar-refractivity contribution in [1.29, 1.82) is 0 Å². The van der Waals surface area contributed by atoms with Crippen LogP contribution < -0.4 is 16.6 Å². The van der Waals surface area contributed by atoms with Crippen LogP contribution in [0.5, 0.6) is 0 Å². The van der Waals surface area contributed by atoms with Crippen LogP contribution in [0.1, 0.15) is 53.0 Å². The van der Waals surface area contributed by atoms with E-state index in [0.717, 1.165) is 35.1 Å². The van der Waals surface area contributed by atoms with Crippen LogP contribution in [0.15, 0.2) is 64.3 Å². The number of rotatable bonds is 5. The number of carbonyl (C=O) groups excluding carboxylic acids is 1. The van der Waals surface area contributed by atoms with Gasteiger partial charge in [-0.3, -0.25) is 18.8 Å². The third-order valence-electron chi connectivity index (χ3n) is 6.30. The van der Waals surface area contributed by atoms with Crippen molar-refractivity contribution >= 4 is 16.8 Å². The molecule has 1 aliphatic carbocycles. The maximum atomic E-state index is 13.0. The minimum absolute atomic E-state index is 0.131. The molecule has 33 heavy (non-hydrogen) atoms. The zero-order valence-corrected chi connectivity index (χ0v) is 18.4. The van der Waals surface area contributed by atoms with E-state index in [1.807, 2.05) is 29.1 Å². The molecular formula is C25H25N5O3. The minimum atomic E-state index is -0.477. The monoisotopic (exact) mass is 443 g/mol. The number of H-pyrrole nitrogens is 1. The maximum absolute atomic E-state index is 13.0. The summed E-state index contributed by atoms with van der Waals surface area (Å²) < 4.78 is 3.15. The Balaban J connectivity index is 1.39. The Kier molecular flexibility index (Phi) is 5.42. The standard InChI is InChI=1S/C25H25N5O3/c1-2-29-24(32)18-12-11-17(13-21(18)28-25(29)33)23(31)27-20-9-6-10-22-19(20)14-26-30(22)15-16-7-4-3-5-8-16/h3-5,7-8,11-14,20H,2,6,9-10,15H2,1H3,(H,27,31)(H,28,33). The van der Waals surface area contributed by atoms with Gasteiger partial charge in [-0.1, -0.05) is 30.3 Å². The Hall–Kier alpha value is -3.94. The summed E-state index contributed by atoms with van der Waals surface area (Å²) in [5.41, 5.74) is 3.31. The van der Waals surface area contributed by atoms with Gasteiger partial charge in [0.15, 0.2) is 0 Å². The molecule has 168 valence electrons. The third kappa shape index (κ3) is 3.88. The van der Waals surface area contributed by atoms with Crippen molar-refractivity contribution in [3.8, 4) is 0 Å². The summed E-state index contributed by atoms with van der Waals surface area (Å²) in [5.74, 6) is -0.244. The molecule has 0 radical (unpaired) electrons. The largest absolute Gasteiger partial charge is 0.345 e. The molecule has 1 amide bonds. The summed E-state index contributed by atoms with van der Waals surface area (Å²) in [5, 5.41) is 8.09. The highest BCUT2D eigenvalue weighted by atomic mass is 16.2. The number of carbonyl (C=O) groups is 1. The summed E-state index contributed by atoms with van der Waals surface area (Å²) in [4.78, 5) is 40.4. The molecule has 0 saturated heterocycles. The SMILES string of the molecule is CCn1c(=O)[nH]c2cc(C(=O)NC3CCCc4c3cnn4Cc3ccccc3)ccc2c1=O. The van der Waals surface area contributed by atoms with E-state index in [2.05, 4.69) is 27.5 Å². The van der Waals surface area contributed by atoms with Crippen LogP contribution in [0.4, 0.5) is 0 Å². The molecule has 8 heteroatoms. The van der Waals surface area contributed by atoms with Crippen molar-refractivity contribution in [2.75, 3.05) is 0 Å². The Morgan fingerprint density at radius 1 is 1.18 bits per heavy atom. The van der Waals surface area contributed by atoms with E-state index in [4.69, 9.17) is 0 Å². The summed E-state index contributed by atoms with van der Waals surface area (Å²) in [6, 6.07) is 14.8. The molecular weight excluding hydrogens is 418 g/mol. The first-order valence-corrected chi connectivity index (χ1v) is 11.2. The van der Waals surface area contributed by atoms with E-state index >= 15 is 0 Å². The van der Waals surface area contributed by atoms with Crippen LogP contribution in [-0.4, -0.2) is 25.2 Å². The number of aromatic amines is 1. The van der Waals surface area contributed by atoms with Gasteiger partial charge < -0.3 is 10.3 Å². The van der Waals surface area contributed by atoms with E-state index in [1.165, 1.54) is 5.56 Å². The molecule has 0 spiro atoms. The molecule has 0 saturated carbocycles. The molecule has 1 atom stereocenters. The molecule has 2 N–H and O–H groups in total. The predicted molar refractivity (Wildman–Crippen MR) is 125 cm³/mol. The molecule has 0 bridgehead atoms. The molecule has 4 aromatic rings. The van der Waals surface area contributed by atoms with Crippen molar-refractivity contribution in [1.82, 2.24) is 24.6 Å². The van der Waals surface area contributed by atoms with Gasteiger partial charge in [0.1, 0.15) is 0 Å². The molecule has 8 nitrogen and oxygen atoms in total. The van der Waals surface area contributed by atoms with Crippen molar-refractivity contribution in [2.24, 2.45) is 0 Å². The number of fused-ring (bicyclic) bond motifs is 2. The first-order chi connectivity index (χ1) is 16.0. The molecule has 1 unspecified atom stereocenters. The number of hydrogen-bond acceptors (Lipinski definition) is 4. The van der Waals surface area contributed by atoms with E-state index in [9.17, 15) is 14.4 Å². The number of benzene rings is 2. The highest BCUT2D eigenvalue weighted by Crippen LogP contribution is 2.30. The number of hydrogen-bond donors (Lipinski definition) is 2. The molecule has 0 aliphatic heterocycles. The van der Waals surface area contributed by atoms with Crippen molar-refractivity contribution in [3.05, 3.63) is 98.0 Å². The average Bonchev–Trinajstić information content (AvgIpc) is 3.23. The Labute approximate surface area is 189 Å². The van der Waals surface area contributed by atoms with Gasteiger partial charge in [0.05, 0.1) is 29.7 Å². The fourth-order valence-electron chi connectivity index (χ4n) is 4.59. The van der Waals surface area contributed by atoms with Gasteiger partial charge in [-0.25, -0.2) is 4.79 Å². The van der Waals surface area contributed by atoms with Crippen LogP contribution in [-0.2, 0) is 19.5 Å². The number of aromatic nitrogens is 4. The van der Waals surface area contributed by atoms with Gasteiger partial charge in [0, 0.05) is 23.4 Å². The molecule has 5 rings (SSSR count). The van der Waals surface area contributed by atoms with Crippen LogP contribution in [0.25, 0.3) is 10.9 Å². The van der Waals surface area contributed by atoms with Crippen LogP contribution in [0, 0.1) is 0 Å². The normalized spacial score (nSPS) is 15.4. The summed E-state index contributed by atoms with van der Waals surface area (Å²) in [6.07, 6.45) is 4.57. The molecule has 2 heterocycles. The fraction of sp³-hybridized carbons (Fsp3) is 0.280. The van der Waals surface area contributed by atoms with Crippen molar-refractivity contribution < 1.29 is 4.79 Å². The second-order valence-electron chi connectivity index (χ2n) is 8.35. The van der Waals surface area contributed by atoms with Gasteiger partial charge in [-0.15, -0.1) is 0 Å². The van der Waals surface area contributed by atoms with Crippen LogP contribution >= 0.6 is 0 Å². The highest BCUT2D eigenvalue weighted by molar-refractivity contribution is 5.97. The smallest absolute Gasteiger partial charge is 0.328 e. The molecule has 2 aromatic carbocycles. The zero-order valence-electron chi connectivity index (χ0n) is 18.4. The van der Waals surface area contributed by atoms with E-state index < -0.39 is 5.69 Å². The number of amides is 1. The summed E-state index contributed by atoms with van der Waals surface area (Å²) in [7, 11) is 0.